The fourth-order valence-electron chi connectivity index (χ4n) is 1.02. The molecule has 0 N–H and O–H groups in total. The molecule has 0 aliphatic carbocycles. The zero-order valence-electron chi connectivity index (χ0n) is 8.92. The van der Waals surface area contributed by atoms with Crippen molar-refractivity contribution in [3.8, 4) is 17.2 Å². The molecule has 82 valence electrons. The minimum absolute atomic E-state index is 0. The van der Waals surface area contributed by atoms with E-state index in [-0.39, 0.29) is 57.0 Å². The molecule has 1 rings (SSSR count). The maximum absolute atomic E-state index is 5.11. The molecule has 0 atom stereocenters. The maximum atomic E-state index is 5.11. The Kier molecular flexibility index (Phi) is 15.0. The minimum atomic E-state index is 0. The van der Waals surface area contributed by atoms with Gasteiger partial charge in [-0.1, -0.05) is 6.07 Å². The van der Waals surface area contributed by atoms with Gasteiger partial charge in [-0.05, 0) is 12.1 Å². The molecule has 0 aromatic heterocycles. The van der Waals surface area contributed by atoms with Crippen LogP contribution in [0.15, 0.2) is 18.2 Å². The normalized spacial score (nSPS) is 7.40. The summed E-state index contributed by atoms with van der Waals surface area (Å²) < 4.78 is 15.3. The first-order valence-electron chi connectivity index (χ1n) is 3.58. The second kappa shape index (κ2) is 10.9. The van der Waals surface area contributed by atoms with Crippen molar-refractivity contribution in [2.45, 2.75) is 0 Å². The van der Waals surface area contributed by atoms with Crippen LogP contribution in [0.4, 0.5) is 0 Å². The van der Waals surface area contributed by atoms with Crippen LogP contribution in [0.25, 0.3) is 0 Å². The van der Waals surface area contributed by atoms with Crippen LogP contribution in [0.1, 0.15) is 0 Å². The molecular weight excluding hydrogens is 340 g/mol. The van der Waals surface area contributed by atoms with Gasteiger partial charge in [0.05, 0.1) is 21.3 Å². The van der Waals surface area contributed by atoms with Gasteiger partial charge in [-0.3, -0.25) is 0 Å². The summed E-state index contributed by atoms with van der Waals surface area (Å²) in [6.45, 7) is 0. The van der Waals surface area contributed by atoms with Crippen LogP contribution in [0, 0.1) is 0 Å². The third-order valence-corrected chi connectivity index (χ3v) is 1.59. The van der Waals surface area contributed by atoms with Crippen LogP contribution < -0.4 is 48.2 Å². The van der Waals surface area contributed by atoms with Crippen molar-refractivity contribution < 1.29 is 48.2 Å². The number of halogens is 2. The van der Waals surface area contributed by atoms with Crippen molar-refractivity contribution >= 4 is 23.1 Å². The third-order valence-electron chi connectivity index (χ3n) is 1.59. The number of methoxy groups -OCH3 is 3. The van der Waals surface area contributed by atoms with Crippen molar-refractivity contribution in [1.82, 2.24) is 0 Å². The van der Waals surface area contributed by atoms with Gasteiger partial charge in [0.25, 0.3) is 0 Å². The van der Waals surface area contributed by atoms with Crippen LogP contribution in [-0.2, 0) is 0 Å². The summed E-state index contributed by atoms with van der Waals surface area (Å²) in [6.07, 6.45) is 0. The molecule has 1 aromatic rings. The minimum Gasteiger partial charge on any atom is -1.00 e. The standard InChI is InChI=1S/C9H12O3.2BrH.Mg/c1-10-7-5-4-6-8(11-2)9(7)12-3;;;/h4-6H,1-3H3;2*1H;/q;;;+2/p-2. The van der Waals surface area contributed by atoms with E-state index in [9.17, 15) is 0 Å². The molecule has 0 unspecified atom stereocenters. The Morgan fingerprint density at radius 3 is 1.47 bits per heavy atom. The van der Waals surface area contributed by atoms with Crippen molar-refractivity contribution in [2.24, 2.45) is 0 Å². The van der Waals surface area contributed by atoms with Gasteiger partial charge in [-0.2, -0.15) is 0 Å². The van der Waals surface area contributed by atoms with Gasteiger partial charge in [-0.25, -0.2) is 0 Å². The smallest absolute Gasteiger partial charge is 1.00 e. The number of rotatable bonds is 3. The van der Waals surface area contributed by atoms with Crippen LogP contribution in [0.3, 0.4) is 0 Å². The second-order valence-electron chi connectivity index (χ2n) is 2.20. The van der Waals surface area contributed by atoms with Gasteiger partial charge in [0.2, 0.25) is 5.75 Å². The van der Waals surface area contributed by atoms with Gasteiger partial charge in [0.1, 0.15) is 0 Å². The first-order chi connectivity index (χ1) is 5.83. The summed E-state index contributed by atoms with van der Waals surface area (Å²) in [5.41, 5.74) is 0. The van der Waals surface area contributed by atoms with Gasteiger partial charge in [-0.15, -0.1) is 0 Å². The van der Waals surface area contributed by atoms with Crippen LogP contribution in [-0.4, -0.2) is 44.4 Å². The molecule has 3 nitrogen and oxygen atoms in total. The van der Waals surface area contributed by atoms with E-state index in [1.807, 2.05) is 18.2 Å². The molecule has 0 saturated heterocycles. The van der Waals surface area contributed by atoms with Gasteiger partial charge in [0.15, 0.2) is 11.5 Å². The van der Waals surface area contributed by atoms with Crippen molar-refractivity contribution in [2.75, 3.05) is 21.3 Å². The fourth-order valence-corrected chi connectivity index (χ4v) is 1.02. The Hall–Kier alpha value is 0.346. The SMILES string of the molecule is COc1cccc(OC)c1OC.[Br-].[Br-].[Mg+2]. The Labute approximate surface area is 127 Å². The van der Waals surface area contributed by atoms with E-state index in [1.54, 1.807) is 21.3 Å². The Morgan fingerprint density at radius 1 is 0.800 bits per heavy atom. The Morgan fingerprint density at radius 2 is 1.20 bits per heavy atom. The molecule has 1 aromatic carbocycles. The Balaban J connectivity index is -0.000000480. The van der Waals surface area contributed by atoms with E-state index in [2.05, 4.69) is 0 Å². The van der Waals surface area contributed by atoms with E-state index >= 15 is 0 Å². The topological polar surface area (TPSA) is 27.7 Å². The van der Waals surface area contributed by atoms with Crippen molar-refractivity contribution in [1.29, 1.82) is 0 Å². The van der Waals surface area contributed by atoms with E-state index in [0.717, 1.165) is 0 Å². The first-order valence-corrected chi connectivity index (χ1v) is 3.58. The molecule has 0 saturated carbocycles. The average Bonchev–Trinajstić information content (AvgIpc) is 2.16. The number of para-hydroxylation sites is 1. The molecule has 0 aliphatic rings. The molecular formula is C9H12Br2MgO3. The van der Waals surface area contributed by atoms with E-state index in [1.165, 1.54) is 0 Å². The van der Waals surface area contributed by atoms with Gasteiger partial charge in [0, 0.05) is 0 Å². The zero-order chi connectivity index (χ0) is 8.97. The zero-order valence-corrected chi connectivity index (χ0v) is 13.5. The number of ether oxygens (including phenoxy) is 3. The number of hydrogen-bond acceptors (Lipinski definition) is 3. The van der Waals surface area contributed by atoms with Crippen LogP contribution >= 0.6 is 0 Å². The predicted octanol–water partition coefficient (Wildman–Crippen LogP) is -4.66. The maximum Gasteiger partial charge on any atom is 2.00 e. The Bertz CT molecular complexity index is 249. The third kappa shape index (κ3) is 5.28. The van der Waals surface area contributed by atoms with Crippen molar-refractivity contribution in [3.63, 3.8) is 0 Å². The molecule has 0 radical (unpaired) electrons. The molecule has 0 heterocycles. The van der Waals surface area contributed by atoms with E-state index < -0.39 is 0 Å². The summed E-state index contributed by atoms with van der Waals surface area (Å²) in [5, 5.41) is 0. The van der Waals surface area contributed by atoms with Gasteiger partial charge >= 0.3 is 23.1 Å². The molecule has 6 heteroatoms. The molecule has 0 bridgehead atoms. The van der Waals surface area contributed by atoms with Crippen molar-refractivity contribution in [3.05, 3.63) is 18.2 Å². The first kappa shape index (κ1) is 20.7. The summed E-state index contributed by atoms with van der Waals surface area (Å²) >= 11 is 0. The molecule has 0 aliphatic heterocycles. The second-order valence-corrected chi connectivity index (χ2v) is 2.20. The molecule has 0 spiro atoms. The average molecular weight is 352 g/mol. The molecule has 0 amide bonds. The van der Waals surface area contributed by atoms with Crippen LogP contribution in [0.5, 0.6) is 17.2 Å². The summed E-state index contributed by atoms with van der Waals surface area (Å²) in [6, 6.07) is 5.49. The van der Waals surface area contributed by atoms with Crippen LogP contribution in [0.2, 0.25) is 0 Å². The molecule has 0 fully saturated rings. The monoisotopic (exact) mass is 350 g/mol. The fraction of sp³-hybridized carbons (Fsp3) is 0.333. The van der Waals surface area contributed by atoms with E-state index in [0.29, 0.717) is 17.2 Å². The van der Waals surface area contributed by atoms with E-state index in [4.69, 9.17) is 14.2 Å². The summed E-state index contributed by atoms with van der Waals surface area (Å²) in [5.74, 6) is 1.98. The quantitative estimate of drug-likeness (QED) is 0.512. The largest absolute Gasteiger partial charge is 2.00 e. The summed E-state index contributed by atoms with van der Waals surface area (Å²) in [7, 11) is 4.77. The molecule has 15 heavy (non-hydrogen) atoms. The number of hydrogen-bond donors (Lipinski definition) is 0. The summed E-state index contributed by atoms with van der Waals surface area (Å²) in [4.78, 5) is 0. The number of benzene rings is 1. The van der Waals surface area contributed by atoms with Gasteiger partial charge < -0.3 is 48.2 Å². The predicted molar refractivity (Wildman–Crippen MR) is 51.9 cm³/mol.